The molecule has 0 radical (unpaired) electrons. The molecule has 1 aromatic rings. The number of hydrogen-bond donors (Lipinski definition) is 1. The zero-order valence-corrected chi connectivity index (χ0v) is 15.3. The molecule has 2 amide bonds. The Morgan fingerprint density at radius 1 is 1.24 bits per heavy atom. The maximum Gasteiger partial charge on any atom is 0.229 e. The van der Waals surface area contributed by atoms with Crippen LogP contribution in [-0.2, 0) is 29.0 Å². The lowest BCUT2D eigenvalue weighted by molar-refractivity contribution is -0.148. The van der Waals surface area contributed by atoms with Crippen molar-refractivity contribution in [1.29, 1.82) is 0 Å². The minimum Gasteiger partial charge on any atom is -0.369 e. The Kier molecular flexibility index (Phi) is 3.71. The quantitative estimate of drug-likeness (QED) is 0.919. The minimum absolute atomic E-state index is 0.123. The van der Waals surface area contributed by atoms with E-state index in [1.165, 1.54) is 24.0 Å². The predicted octanol–water partition coefficient (Wildman–Crippen LogP) is 2.82. The second-order valence-corrected chi connectivity index (χ2v) is 8.75. The van der Waals surface area contributed by atoms with Crippen molar-refractivity contribution in [3.63, 3.8) is 0 Å². The molecule has 4 nitrogen and oxygen atoms in total. The highest BCUT2D eigenvalue weighted by atomic mass is 16.2. The molecule has 134 valence electrons. The number of carbonyl (C=O) groups is 2. The van der Waals surface area contributed by atoms with Gasteiger partial charge in [-0.3, -0.25) is 9.59 Å². The first-order valence-corrected chi connectivity index (χ1v) is 9.52. The van der Waals surface area contributed by atoms with Crippen LogP contribution in [0.25, 0.3) is 0 Å². The number of primary amides is 1. The Bertz CT molecular complexity index is 729. The molecule has 0 saturated heterocycles. The molecule has 0 aromatic heterocycles. The summed E-state index contributed by atoms with van der Waals surface area (Å²) in [5.41, 5.74) is 8.78. The highest BCUT2D eigenvalue weighted by Crippen LogP contribution is 2.66. The number of nitrogens with zero attached hydrogens (tertiary/aromatic N) is 1. The van der Waals surface area contributed by atoms with Crippen LogP contribution in [0, 0.1) is 16.7 Å². The monoisotopic (exact) mass is 340 g/mol. The van der Waals surface area contributed by atoms with Gasteiger partial charge in [0.2, 0.25) is 11.8 Å². The van der Waals surface area contributed by atoms with Crippen LogP contribution >= 0.6 is 0 Å². The summed E-state index contributed by atoms with van der Waals surface area (Å²) >= 11 is 0. The lowest BCUT2D eigenvalue weighted by Gasteiger charge is -2.42. The summed E-state index contributed by atoms with van der Waals surface area (Å²) in [6.07, 6.45) is 5.61. The molecule has 3 aliphatic rings. The van der Waals surface area contributed by atoms with Gasteiger partial charge in [-0.25, -0.2) is 0 Å². The van der Waals surface area contributed by atoms with E-state index in [0.717, 1.165) is 31.4 Å². The van der Waals surface area contributed by atoms with Gasteiger partial charge in [-0.1, -0.05) is 32.0 Å². The summed E-state index contributed by atoms with van der Waals surface area (Å²) in [6, 6.07) is 6.06. The van der Waals surface area contributed by atoms with Gasteiger partial charge in [0.15, 0.2) is 0 Å². The van der Waals surface area contributed by atoms with E-state index in [4.69, 9.17) is 5.73 Å². The summed E-state index contributed by atoms with van der Waals surface area (Å²) in [5.74, 6) is 0.773. The fourth-order valence-corrected chi connectivity index (χ4v) is 5.87. The molecule has 25 heavy (non-hydrogen) atoms. The first-order valence-electron chi connectivity index (χ1n) is 9.52. The lowest BCUT2D eigenvalue weighted by Crippen LogP contribution is -2.49. The van der Waals surface area contributed by atoms with Crippen molar-refractivity contribution in [1.82, 2.24) is 4.90 Å². The van der Waals surface area contributed by atoms with Crippen molar-refractivity contribution in [2.24, 2.45) is 22.5 Å². The first-order chi connectivity index (χ1) is 11.8. The van der Waals surface area contributed by atoms with Gasteiger partial charge >= 0.3 is 0 Å². The van der Waals surface area contributed by atoms with Gasteiger partial charge < -0.3 is 10.6 Å². The third-order valence-electron chi connectivity index (χ3n) is 7.52. The molecule has 1 heterocycles. The topological polar surface area (TPSA) is 63.4 Å². The molecule has 4 rings (SSSR count). The smallest absolute Gasteiger partial charge is 0.229 e. The van der Waals surface area contributed by atoms with E-state index < -0.39 is 0 Å². The Morgan fingerprint density at radius 2 is 1.96 bits per heavy atom. The maximum absolute atomic E-state index is 13.5. The van der Waals surface area contributed by atoms with Gasteiger partial charge in [-0.2, -0.15) is 0 Å². The molecule has 0 atom stereocenters. The molecular formula is C21H28N2O2. The summed E-state index contributed by atoms with van der Waals surface area (Å²) in [7, 11) is 0. The molecule has 2 bridgehead atoms. The highest BCUT2D eigenvalue weighted by Gasteiger charge is 2.63. The number of benzene rings is 1. The van der Waals surface area contributed by atoms with Crippen molar-refractivity contribution in [2.45, 2.75) is 58.9 Å². The van der Waals surface area contributed by atoms with Gasteiger partial charge in [-0.15, -0.1) is 0 Å². The van der Waals surface area contributed by atoms with Gasteiger partial charge in [0.1, 0.15) is 0 Å². The summed E-state index contributed by atoms with van der Waals surface area (Å²) < 4.78 is 0. The molecule has 2 aliphatic carbocycles. The molecule has 2 fully saturated rings. The minimum atomic E-state index is -0.296. The van der Waals surface area contributed by atoms with E-state index in [2.05, 4.69) is 24.8 Å². The molecule has 2 saturated carbocycles. The van der Waals surface area contributed by atoms with Crippen LogP contribution in [0.1, 0.15) is 56.2 Å². The zero-order valence-electron chi connectivity index (χ0n) is 15.3. The van der Waals surface area contributed by atoms with E-state index in [1.54, 1.807) is 0 Å². The van der Waals surface area contributed by atoms with E-state index in [0.29, 0.717) is 18.4 Å². The highest BCUT2D eigenvalue weighted by molar-refractivity contribution is 5.85. The fourth-order valence-electron chi connectivity index (χ4n) is 5.87. The van der Waals surface area contributed by atoms with Crippen molar-refractivity contribution in [3.05, 3.63) is 34.9 Å². The Morgan fingerprint density at radius 3 is 2.56 bits per heavy atom. The molecule has 0 spiro atoms. The van der Waals surface area contributed by atoms with Crippen LogP contribution in [-0.4, -0.2) is 23.3 Å². The number of rotatable bonds is 3. The van der Waals surface area contributed by atoms with Crippen LogP contribution in [0.5, 0.6) is 0 Å². The third-order valence-corrected chi connectivity index (χ3v) is 7.52. The van der Waals surface area contributed by atoms with E-state index in [-0.39, 0.29) is 23.2 Å². The standard InChI is InChI=1S/C21H28N2O2/c1-20(2)16-6-9-21(20,10-7-16)19(25)23-11-8-17-14(12-18(22)24)4-3-5-15(17)13-23/h3-5,16H,6-13H2,1-2H3,(H2,22,24). The third kappa shape index (κ3) is 2.33. The molecular weight excluding hydrogens is 312 g/mol. The van der Waals surface area contributed by atoms with Crippen molar-refractivity contribution < 1.29 is 9.59 Å². The predicted molar refractivity (Wildman–Crippen MR) is 96.6 cm³/mol. The van der Waals surface area contributed by atoms with E-state index in [9.17, 15) is 9.59 Å². The van der Waals surface area contributed by atoms with Gasteiger partial charge in [0, 0.05) is 13.1 Å². The number of hydrogen-bond acceptors (Lipinski definition) is 2. The Balaban J connectivity index is 1.59. The Labute approximate surface area is 149 Å². The molecule has 1 aliphatic heterocycles. The summed E-state index contributed by atoms with van der Waals surface area (Å²) in [4.78, 5) is 26.9. The van der Waals surface area contributed by atoms with Crippen LogP contribution in [0.4, 0.5) is 0 Å². The normalized spacial score (nSPS) is 29.5. The average molecular weight is 340 g/mol. The molecule has 4 heteroatoms. The van der Waals surface area contributed by atoms with E-state index >= 15 is 0 Å². The summed E-state index contributed by atoms with van der Waals surface area (Å²) in [6.45, 7) is 6.03. The van der Waals surface area contributed by atoms with Crippen LogP contribution in [0.2, 0.25) is 0 Å². The van der Waals surface area contributed by atoms with Crippen molar-refractivity contribution in [2.75, 3.05) is 6.54 Å². The number of amides is 2. The van der Waals surface area contributed by atoms with Crippen molar-refractivity contribution >= 4 is 11.8 Å². The molecule has 1 aromatic carbocycles. The molecule has 2 N–H and O–H groups in total. The first kappa shape index (κ1) is 16.6. The van der Waals surface area contributed by atoms with Gasteiger partial charge in [-0.05, 0) is 60.1 Å². The summed E-state index contributed by atoms with van der Waals surface area (Å²) in [5, 5.41) is 0. The fraction of sp³-hybridized carbons (Fsp3) is 0.619. The lowest BCUT2D eigenvalue weighted by atomic mass is 9.68. The van der Waals surface area contributed by atoms with Crippen LogP contribution in [0.3, 0.4) is 0 Å². The Hall–Kier alpha value is -1.84. The van der Waals surface area contributed by atoms with Crippen LogP contribution in [0.15, 0.2) is 18.2 Å². The van der Waals surface area contributed by atoms with Gasteiger partial charge in [0.25, 0.3) is 0 Å². The SMILES string of the molecule is CC1(C)C2CCC1(C(=O)N1CCc3c(CC(N)=O)cccc3C1)CC2. The zero-order chi connectivity index (χ0) is 17.8. The second kappa shape index (κ2) is 5.58. The number of carbonyl (C=O) groups excluding carboxylic acids is 2. The van der Waals surface area contributed by atoms with Gasteiger partial charge in [0.05, 0.1) is 11.8 Å². The largest absolute Gasteiger partial charge is 0.369 e. The maximum atomic E-state index is 13.5. The number of fused-ring (bicyclic) bond motifs is 3. The average Bonchev–Trinajstić information content (AvgIpc) is 2.99. The van der Waals surface area contributed by atoms with Crippen molar-refractivity contribution in [3.8, 4) is 0 Å². The molecule has 0 unspecified atom stereocenters. The second-order valence-electron chi connectivity index (χ2n) is 8.75. The van der Waals surface area contributed by atoms with Crippen LogP contribution < -0.4 is 5.73 Å². The van der Waals surface area contributed by atoms with E-state index in [1.807, 2.05) is 12.1 Å². The number of nitrogens with two attached hydrogens (primary N) is 1.